The molecule has 0 atom stereocenters. The van der Waals surface area contributed by atoms with Crippen LogP contribution < -0.4 is 0 Å². The molecule has 1 amide bonds. The Hall–Kier alpha value is -0.143. The summed E-state index contributed by atoms with van der Waals surface area (Å²) in [6.45, 7) is 1.53. The number of amides is 1. The number of nitrogens with zero attached hydrogens (tertiary/aromatic N) is 2. The summed E-state index contributed by atoms with van der Waals surface area (Å²) in [7, 11) is 0. The third-order valence-corrected chi connectivity index (χ3v) is 2.59. The van der Waals surface area contributed by atoms with Gasteiger partial charge in [-0.15, -0.1) is 0 Å². The van der Waals surface area contributed by atoms with Gasteiger partial charge in [0, 0.05) is 0 Å². The van der Waals surface area contributed by atoms with Crippen LogP contribution in [0.1, 0.15) is 6.92 Å². The molecule has 0 unspecified atom stereocenters. The Bertz CT molecular complexity index is 284. The number of carbonyl (C=O) groups excluding carboxylic acids is 1. The van der Waals surface area contributed by atoms with Crippen LogP contribution >= 0.6 is 0 Å². The summed E-state index contributed by atoms with van der Waals surface area (Å²) in [6.07, 6.45) is 0. The summed E-state index contributed by atoms with van der Waals surface area (Å²) in [4.78, 5) is 10.8. The second kappa shape index (κ2) is 5.49. The number of hydrogen-bond donors (Lipinski definition) is 2. The molecule has 0 aromatic heterocycles. The number of hydrogen-bond acceptors (Lipinski definition) is 4. The van der Waals surface area contributed by atoms with Crippen molar-refractivity contribution in [3.05, 3.63) is 11.5 Å². The van der Waals surface area contributed by atoms with Crippen LogP contribution in [0.2, 0.25) is 0 Å². The van der Waals surface area contributed by atoms with Gasteiger partial charge in [-0.2, -0.15) is 0 Å². The number of nitrogens with one attached hydrogen (secondary N) is 1. The van der Waals surface area contributed by atoms with Gasteiger partial charge in [-0.3, -0.25) is 0 Å². The molecule has 64 valence electrons. The van der Waals surface area contributed by atoms with Crippen molar-refractivity contribution in [1.29, 1.82) is 5.41 Å². The van der Waals surface area contributed by atoms with Gasteiger partial charge < -0.3 is 0 Å². The molecule has 0 rings (SSSR count). The molecule has 0 saturated carbocycles. The van der Waals surface area contributed by atoms with Gasteiger partial charge >= 0.3 is 91.6 Å². The van der Waals surface area contributed by atoms with E-state index in [1.165, 1.54) is 6.92 Å². The number of carbonyl (C=O) groups is 1. The van der Waals surface area contributed by atoms with Gasteiger partial charge in [0.15, 0.2) is 0 Å². The molecule has 0 aliphatic carbocycles. The molecule has 7 heteroatoms. The van der Waals surface area contributed by atoms with E-state index in [2.05, 4.69) is 6.99 Å². The van der Waals surface area contributed by atoms with Crippen LogP contribution in [0.4, 0.5) is 0 Å². The number of allylic oxidation sites excluding steroid dienone is 1. The van der Waals surface area contributed by atoms with Crippen LogP contribution in [0, 0.1) is 5.41 Å². The van der Waals surface area contributed by atoms with Crippen molar-refractivity contribution < 1.29 is 49.2 Å². The van der Waals surface area contributed by atoms with Crippen molar-refractivity contribution in [2.75, 3.05) is 0 Å². The van der Waals surface area contributed by atoms with Crippen LogP contribution in [-0.4, -0.2) is 16.7 Å². The van der Waals surface area contributed by atoms with E-state index in [1.54, 1.807) is 0 Å². The van der Waals surface area contributed by atoms with E-state index in [9.17, 15) is 9.90 Å². The fourth-order valence-electron chi connectivity index (χ4n) is 0.371. The summed E-state index contributed by atoms with van der Waals surface area (Å²) in [5.41, 5.74) is -0.200. The van der Waals surface area contributed by atoms with Gasteiger partial charge in [0.25, 0.3) is 0 Å². The van der Waals surface area contributed by atoms with Crippen molar-refractivity contribution in [2.24, 2.45) is 6.99 Å². The third-order valence-electron chi connectivity index (χ3n) is 1.01. The second-order valence-electron chi connectivity index (χ2n) is 1.80. The maximum absolute atomic E-state index is 10.8. The first-order chi connectivity index (χ1) is 5.54. The molecule has 0 radical (unpaired) electrons. The second-order valence-corrected chi connectivity index (χ2v) is 3.11. The van der Waals surface area contributed by atoms with E-state index >= 15 is 0 Å². The average molecular weight is 507 g/mol. The van der Waals surface area contributed by atoms with Crippen LogP contribution in [-0.2, 0) is 44.1 Å². The van der Waals surface area contributed by atoms with E-state index in [0.29, 0.717) is 25.3 Å². The summed E-state index contributed by atoms with van der Waals surface area (Å²) >= 11 is 1.62. The molecule has 12 heavy (non-hydrogen) atoms. The van der Waals surface area contributed by atoms with Gasteiger partial charge in [0.1, 0.15) is 0 Å². The molecule has 0 aromatic rings. The van der Waals surface area contributed by atoms with Crippen molar-refractivity contribution in [3.63, 3.8) is 0 Å². The zero-order chi connectivity index (χ0) is 9.72. The van der Waals surface area contributed by atoms with Gasteiger partial charge in [-0.1, -0.05) is 0 Å². The minimum absolute atomic E-state index is 0.294. The van der Waals surface area contributed by atoms with Crippen molar-refractivity contribution in [1.82, 2.24) is 0 Å². The number of aliphatic hydroxyl groups excluding tert-OH is 1. The van der Waals surface area contributed by atoms with Crippen LogP contribution in [0.15, 0.2) is 18.4 Å². The van der Waals surface area contributed by atoms with E-state index in [4.69, 9.17) is 5.41 Å². The Morgan fingerprint density at radius 1 is 1.42 bits per heavy atom. The summed E-state index contributed by atoms with van der Waals surface area (Å²) in [5, 5.41) is 16.3. The molecule has 0 spiro atoms. The first kappa shape index (κ1) is 11.9. The molecule has 5 nitrogen and oxygen atoms in total. The van der Waals surface area contributed by atoms with Crippen molar-refractivity contribution >= 4 is 11.6 Å². The van der Waals surface area contributed by atoms with E-state index in [0.717, 1.165) is 19.6 Å². The monoisotopic (exact) mass is 507 g/mol. The van der Waals surface area contributed by atoms with E-state index in [-0.39, 0.29) is 5.76 Å². The number of aliphatic hydroxyl groups is 1. The summed E-state index contributed by atoms with van der Waals surface area (Å²) in [6, 6.07) is 0. The molecule has 2 N–H and O–H groups in total. The molecule has 0 fully saturated rings. The quantitative estimate of drug-likeness (QED) is 0.438. The molecular formula is C5H5N3O2W2. The van der Waals surface area contributed by atoms with Crippen LogP contribution in [0.5, 0.6) is 0 Å². The van der Waals surface area contributed by atoms with E-state index in [1.807, 2.05) is 0 Å². The van der Waals surface area contributed by atoms with Crippen LogP contribution in [0.25, 0.3) is 0 Å². The Kier molecular flexibility index (Phi) is 5.43. The molecule has 0 aromatic carbocycles. The Morgan fingerprint density at radius 2 is 1.92 bits per heavy atom. The number of rotatable bonds is 3. The predicted octanol–water partition coefficient (Wildman–Crippen LogP) is 0.783. The topological polar surface area (TPSA) is 85.9 Å². The Morgan fingerprint density at radius 3 is 2.25 bits per heavy atom. The van der Waals surface area contributed by atoms with Gasteiger partial charge in [-0.25, -0.2) is 0 Å². The van der Waals surface area contributed by atoms with E-state index < -0.39 is 11.6 Å². The van der Waals surface area contributed by atoms with Crippen molar-refractivity contribution in [3.8, 4) is 0 Å². The average Bonchev–Trinajstić information content (AvgIpc) is 2.12. The molecule has 0 bridgehead atoms. The van der Waals surface area contributed by atoms with Crippen molar-refractivity contribution in [2.45, 2.75) is 6.92 Å². The normalized spacial score (nSPS) is 11.4. The molecular weight excluding hydrogens is 502 g/mol. The maximum atomic E-state index is 10.8. The molecule has 0 heterocycles. The first-order valence-electron chi connectivity index (χ1n) is 2.74. The van der Waals surface area contributed by atoms with Crippen LogP contribution in [0.3, 0.4) is 0 Å². The SMILES string of the molecule is CC([N]=[W])=C(O)C(=N)C(=O)[N]=[W]. The predicted molar refractivity (Wildman–Crippen MR) is 32.9 cm³/mol. The first-order valence-corrected chi connectivity index (χ1v) is 5.36. The zero-order valence-corrected chi connectivity index (χ0v) is 11.9. The van der Waals surface area contributed by atoms with Gasteiger partial charge in [-0.05, 0) is 0 Å². The third kappa shape index (κ3) is 3.07. The summed E-state index contributed by atoms with van der Waals surface area (Å²) < 4.78 is 7.03. The zero-order valence-electron chi connectivity index (χ0n) is 6.07. The standard InChI is InChI=1S/C5H5N3O2.2W/c1-2(6)4(9)3(7)5(8)10;;/h7,9H,1H3;;. The summed E-state index contributed by atoms with van der Waals surface area (Å²) in [5.74, 6) is -1.10. The van der Waals surface area contributed by atoms with Gasteiger partial charge in [0.05, 0.1) is 0 Å². The molecule has 0 saturated heterocycles. The Balaban J connectivity index is 4.83. The fourth-order valence-corrected chi connectivity index (χ4v) is 1.01. The Labute approximate surface area is 91.3 Å². The minimum atomic E-state index is -0.708. The van der Waals surface area contributed by atoms with Gasteiger partial charge in [0.2, 0.25) is 0 Å². The molecule has 0 aliphatic rings. The fraction of sp³-hybridized carbons (Fsp3) is 0.200. The molecule has 0 aliphatic heterocycles.